The van der Waals surface area contributed by atoms with Crippen LogP contribution in [-0.2, 0) is 6.54 Å². The molecule has 25 heavy (non-hydrogen) atoms. The molecule has 0 spiro atoms. The molecule has 1 aromatic carbocycles. The summed E-state index contributed by atoms with van der Waals surface area (Å²) in [6.45, 7) is 0.997. The largest absolute Gasteiger partial charge is 0.353 e. The minimum absolute atomic E-state index is 0.399. The molecule has 1 saturated heterocycles. The Morgan fingerprint density at radius 1 is 1.00 bits per heavy atom. The number of fused-ring (bicyclic) bond motifs is 1. The van der Waals surface area contributed by atoms with Crippen molar-refractivity contribution >= 4 is 16.7 Å². The summed E-state index contributed by atoms with van der Waals surface area (Å²) >= 11 is 0. The number of para-hydroxylation sites is 1. The summed E-state index contributed by atoms with van der Waals surface area (Å²) in [6.07, 6.45) is 4.33. The lowest BCUT2D eigenvalue weighted by molar-refractivity contribution is 0.0637. The number of hydrogen-bond donors (Lipinski definition) is 0. The van der Waals surface area contributed by atoms with E-state index in [-0.39, 0.29) is 0 Å². The average molecular weight is 344 g/mol. The fourth-order valence-corrected chi connectivity index (χ4v) is 3.20. The Morgan fingerprint density at radius 2 is 1.80 bits per heavy atom. The van der Waals surface area contributed by atoms with Crippen molar-refractivity contribution in [2.24, 2.45) is 0 Å². The molecule has 1 aliphatic heterocycles. The molecule has 0 atom stereocenters. The van der Waals surface area contributed by atoms with Crippen LogP contribution < -0.4 is 4.90 Å². The summed E-state index contributed by atoms with van der Waals surface area (Å²) in [5.41, 5.74) is 0.925. The Labute approximate surface area is 143 Å². The number of anilines is 1. The first kappa shape index (κ1) is 15.9. The Balaban J connectivity index is 1.45. The fraction of sp³-hybridized carbons (Fsp3) is 0.353. The standard InChI is InChI=1S/C17H18F2N6/c18-17(19)25-6-5-20-15(25)11-23-7-9-24(10-8-23)16-13-3-1-2-4-14(13)21-12-22-16/h1-6,12,17H,7-11H2. The molecule has 8 heteroatoms. The van der Waals surface area contributed by atoms with E-state index in [0.29, 0.717) is 12.4 Å². The maximum atomic E-state index is 12.9. The lowest BCUT2D eigenvalue weighted by Crippen LogP contribution is -2.46. The highest BCUT2D eigenvalue weighted by molar-refractivity contribution is 5.89. The topological polar surface area (TPSA) is 50.1 Å². The molecule has 1 aliphatic rings. The molecule has 130 valence electrons. The van der Waals surface area contributed by atoms with Crippen LogP contribution in [0.4, 0.5) is 14.6 Å². The van der Waals surface area contributed by atoms with Crippen LogP contribution in [0, 0.1) is 0 Å². The minimum atomic E-state index is -2.55. The molecule has 0 radical (unpaired) electrons. The monoisotopic (exact) mass is 344 g/mol. The second kappa shape index (κ2) is 6.72. The van der Waals surface area contributed by atoms with E-state index in [1.807, 2.05) is 24.3 Å². The molecule has 6 nitrogen and oxygen atoms in total. The highest BCUT2D eigenvalue weighted by Crippen LogP contribution is 2.24. The Kier molecular flexibility index (Phi) is 4.27. The average Bonchev–Trinajstić information content (AvgIpc) is 3.10. The van der Waals surface area contributed by atoms with Crippen molar-refractivity contribution in [2.45, 2.75) is 13.1 Å². The molecule has 4 rings (SSSR count). The Morgan fingerprint density at radius 3 is 2.60 bits per heavy atom. The summed E-state index contributed by atoms with van der Waals surface area (Å²) in [6, 6.07) is 7.94. The van der Waals surface area contributed by atoms with Crippen LogP contribution in [0.25, 0.3) is 10.9 Å². The lowest BCUT2D eigenvalue weighted by Gasteiger charge is -2.35. The number of imidazole rings is 1. The number of benzene rings is 1. The van der Waals surface area contributed by atoms with Crippen LogP contribution in [0.3, 0.4) is 0 Å². The van der Waals surface area contributed by atoms with Gasteiger partial charge in [-0.05, 0) is 12.1 Å². The summed E-state index contributed by atoms with van der Waals surface area (Å²) < 4.78 is 26.8. The van der Waals surface area contributed by atoms with Gasteiger partial charge in [-0.2, -0.15) is 8.78 Å². The van der Waals surface area contributed by atoms with Crippen LogP contribution in [0.5, 0.6) is 0 Å². The van der Waals surface area contributed by atoms with Crippen LogP contribution in [0.15, 0.2) is 43.0 Å². The van der Waals surface area contributed by atoms with Gasteiger partial charge in [-0.3, -0.25) is 9.47 Å². The predicted molar refractivity (Wildman–Crippen MR) is 90.5 cm³/mol. The van der Waals surface area contributed by atoms with Crippen LogP contribution in [0.2, 0.25) is 0 Å². The minimum Gasteiger partial charge on any atom is -0.353 e. The number of halogens is 2. The number of piperazine rings is 1. The number of nitrogens with zero attached hydrogens (tertiary/aromatic N) is 6. The van der Waals surface area contributed by atoms with E-state index in [9.17, 15) is 8.78 Å². The lowest BCUT2D eigenvalue weighted by atomic mass is 10.2. The maximum absolute atomic E-state index is 12.9. The van der Waals surface area contributed by atoms with E-state index in [0.717, 1.165) is 47.5 Å². The van der Waals surface area contributed by atoms with Gasteiger partial charge in [0, 0.05) is 44.0 Å². The van der Waals surface area contributed by atoms with Gasteiger partial charge in [0.1, 0.15) is 18.0 Å². The molecule has 0 unspecified atom stereocenters. The first-order chi connectivity index (χ1) is 12.2. The number of rotatable bonds is 4. The number of alkyl halides is 2. The highest BCUT2D eigenvalue weighted by Gasteiger charge is 2.22. The van der Waals surface area contributed by atoms with Crippen molar-refractivity contribution in [1.82, 2.24) is 24.4 Å². The number of aromatic nitrogens is 4. The molecular weight excluding hydrogens is 326 g/mol. The van der Waals surface area contributed by atoms with Crippen LogP contribution in [0.1, 0.15) is 12.4 Å². The normalized spacial score (nSPS) is 16.0. The van der Waals surface area contributed by atoms with Gasteiger partial charge in [0.15, 0.2) is 0 Å². The zero-order valence-corrected chi connectivity index (χ0v) is 13.6. The zero-order valence-electron chi connectivity index (χ0n) is 13.6. The Bertz CT molecular complexity index is 852. The highest BCUT2D eigenvalue weighted by atomic mass is 19.3. The van der Waals surface area contributed by atoms with Crippen molar-refractivity contribution < 1.29 is 8.78 Å². The molecule has 0 amide bonds. The molecule has 0 aliphatic carbocycles. The van der Waals surface area contributed by atoms with Crippen molar-refractivity contribution in [3.63, 3.8) is 0 Å². The summed E-state index contributed by atoms with van der Waals surface area (Å²) in [5, 5.41) is 1.03. The molecule has 2 aromatic heterocycles. The van der Waals surface area contributed by atoms with Gasteiger partial charge in [0.2, 0.25) is 0 Å². The molecule has 1 fully saturated rings. The van der Waals surface area contributed by atoms with Gasteiger partial charge in [0.05, 0.1) is 12.1 Å². The quantitative estimate of drug-likeness (QED) is 0.728. The summed E-state index contributed by atoms with van der Waals surface area (Å²) in [5.74, 6) is 1.33. The first-order valence-corrected chi connectivity index (χ1v) is 8.19. The summed E-state index contributed by atoms with van der Waals surface area (Å²) in [4.78, 5) is 17.2. The third-order valence-corrected chi connectivity index (χ3v) is 4.52. The number of hydrogen-bond acceptors (Lipinski definition) is 5. The van der Waals surface area contributed by atoms with E-state index in [1.54, 1.807) is 6.33 Å². The van der Waals surface area contributed by atoms with Gasteiger partial charge in [-0.1, -0.05) is 12.1 Å². The molecule has 3 aromatic rings. The van der Waals surface area contributed by atoms with E-state index < -0.39 is 6.55 Å². The zero-order chi connectivity index (χ0) is 17.2. The Hall–Kier alpha value is -2.61. The predicted octanol–water partition coefficient (Wildman–Crippen LogP) is 2.54. The van der Waals surface area contributed by atoms with E-state index in [1.165, 1.54) is 12.4 Å². The molecule has 0 N–H and O–H groups in total. The maximum Gasteiger partial charge on any atom is 0.319 e. The fourth-order valence-electron chi connectivity index (χ4n) is 3.20. The second-order valence-corrected chi connectivity index (χ2v) is 6.01. The molecule has 0 bridgehead atoms. The third kappa shape index (κ3) is 3.17. The molecule has 0 saturated carbocycles. The van der Waals surface area contributed by atoms with Gasteiger partial charge >= 0.3 is 6.55 Å². The second-order valence-electron chi connectivity index (χ2n) is 6.01. The molecular formula is C17H18F2N6. The van der Waals surface area contributed by atoms with Crippen molar-refractivity contribution in [1.29, 1.82) is 0 Å². The summed E-state index contributed by atoms with van der Waals surface area (Å²) in [7, 11) is 0. The van der Waals surface area contributed by atoms with Crippen LogP contribution in [-0.4, -0.2) is 50.6 Å². The van der Waals surface area contributed by atoms with Crippen molar-refractivity contribution in [3.8, 4) is 0 Å². The van der Waals surface area contributed by atoms with Gasteiger partial charge in [-0.15, -0.1) is 0 Å². The SMILES string of the molecule is FC(F)n1ccnc1CN1CCN(c2ncnc3ccccc23)CC1. The van der Waals surface area contributed by atoms with E-state index in [2.05, 4.69) is 24.8 Å². The van der Waals surface area contributed by atoms with Crippen molar-refractivity contribution in [3.05, 3.63) is 48.8 Å². The first-order valence-electron chi connectivity index (χ1n) is 8.19. The van der Waals surface area contributed by atoms with Crippen LogP contribution >= 0.6 is 0 Å². The van der Waals surface area contributed by atoms with Crippen molar-refractivity contribution in [2.75, 3.05) is 31.1 Å². The van der Waals surface area contributed by atoms with E-state index >= 15 is 0 Å². The van der Waals surface area contributed by atoms with Gasteiger partial charge in [0.25, 0.3) is 0 Å². The van der Waals surface area contributed by atoms with E-state index in [4.69, 9.17) is 0 Å². The van der Waals surface area contributed by atoms with Gasteiger partial charge in [-0.25, -0.2) is 15.0 Å². The van der Waals surface area contributed by atoms with Gasteiger partial charge < -0.3 is 4.90 Å². The molecule has 3 heterocycles. The smallest absolute Gasteiger partial charge is 0.319 e. The third-order valence-electron chi connectivity index (χ3n) is 4.52.